The molecule has 116 valence electrons. The number of ether oxygens (including phenoxy) is 1. The third kappa shape index (κ3) is 3.12. The van der Waals surface area contributed by atoms with Crippen LogP contribution in [0, 0.1) is 11.7 Å². The van der Waals surface area contributed by atoms with E-state index in [0.29, 0.717) is 24.3 Å². The van der Waals surface area contributed by atoms with Gasteiger partial charge in [0.25, 0.3) is 0 Å². The van der Waals surface area contributed by atoms with Crippen molar-refractivity contribution in [2.45, 2.75) is 39.7 Å². The van der Waals surface area contributed by atoms with Crippen LogP contribution in [0.25, 0.3) is 0 Å². The molecule has 1 aromatic rings. The smallest absolute Gasteiger partial charge is 0.410 e. The van der Waals surface area contributed by atoms with Crippen LogP contribution < -0.4 is 0 Å². The highest BCUT2D eigenvalue weighted by atomic mass is 19.1. The number of amides is 1. The first-order chi connectivity index (χ1) is 9.72. The maximum Gasteiger partial charge on any atom is 0.410 e. The summed E-state index contributed by atoms with van der Waals surface area (Å²) < 4.78 is 19.3. The number of hydrogen-bond acceptors (Lipinski definition) is 3. The Bertz CT molecular complexity index is 555. The highest BCUT2D eigenvalue weighted by Gasteiger charge is 2.38. The number of aromatic hydroxyl groups is 1. The molecule has 0 saturated carbocycles. The molecule has 0 bridgehead atoms. The molecule has 0 spiro atoms. The monoisotopic (exact) mass is 295 g/mol. The molecule has 0 aromatic heterocycles. The Kier molecular flexibility index (Phi) is 4.12. The fraction of sp³-hybridized carbons (Fsp3) is 0.562. The number of phenols is 1. The summed E-state index contributed by atoms with van der Waals surface area (Å²) in [7, 11) is 0. The van der Waals surface area contributed by atoms with E-state index < -0.39 is 11.5 Å². The van der Waals surface area contributed by atoms with E-state index in [1.165, 1.54) is 17.0 Å². The molecule has 1 aromatic carbocycles. The zero-order valence-corrected chi connectivity index (χ0v) is 12.9. The minimum Gasteiger partial charge on any atom is -0.508 e. The van der Waals surface area contributed by atoms with Crippen LogP contribution in [0.1, 0.15) is 38.8 Å². The molecule has 0 radical (unpaired) electrons. The summed E-state index contributed by atoms with van der Waals surface area (Å²) in [6, 6.07) is 2.59. The van der Waals surface area contributed by atoms with E-state index in [-0.39, 0.29) is 24.0 Å². The Morgan fingerprint density at radius 3 is 2.76 bits per heavy atom. The molecule has 2 rings (SSSR count). The lowest BCUT2D eigenvalue weighted by Gasteiger charge is -2.39. The normalized spacial score (nSPS) is 16.8. The van der Waals surface area contributed by atoms with Crippen LogP contribution in [-0.2, 0) is 16.7 Å². The van der Waals surface area contributed by atoms with Crippen molar-refractivity contribution in [2.75, 3.05) is 13.2 Å². The van der Waals surface area contributed by atoms with E-state index in [2.05, 4.69) is 0 Å². The average molecular weight is 295 g/mol. The van der Waals surface area contributed by atoms with Crippen LogP contribution in [0.4, 0.5) is 9.18 Å². The highest BCUT2D eigenvalue weighted by Crippen LogP contribution is 2.39. The van der Waals surface area contributed by atoms with E-state index in [9.17, 15) is 14.3 Å². The number of fused-ring (bicyclic) bond motifs is 1. The quantitative estimate of drug-likeness (QED) is 0.909. The molecule has 0 atom stereocenters. The van der Waals surface area contributed by atoms with Crippen LogP contribution in [-0.4, -0.2) is 29.3 Å². The van der Waals surface area contributed by atoms with Crippen molar-refractivity contribution in [1.82, 2.24) is 4.90 Å². The Balaban J connectivity index is 2.29. The van der Waals surface area contributed by atoms with Gasteiger partial charge in [-0.2, -0.15) is 0 Å². The summed E-state index contributed by atoms with van der Waals surface area (Å²) in [6.07, 6.45) is -0.425. The topological polar surface area (TPSA) is 49.8 Å². The second-order valence-electron chi connectivity index (χ2n) is 6.63. The fourth-order valence-electron chi connectivity index (χ4n) is 2.76. The van der Waals surface area contributed by atoms with E-state index in [0.717, 1.165) is 0 Å². The van der Waals surface area contributed by atoms with E-state index in [1.54, 1.807) is 0 Å². The molecule has 5 heteroatoms. The van der Waals surface area contributed by atoms with Gasteiger partial charge in [-0.1, -0.05) is 27.7 Å². The molecule has 1 N–H and O–H groups in total. The highest BCUT2D eigenvalue weighted by molar-refractivity contribution is 5.69. The zero-order chi connectivity index (χ0) is 15.8. The first kappa shape index (κ1) is 15.6. The lowest BCUT2D eigenvalue weighted by atomic mass is 9.78. The van der Waals surface area contributed by atoms with Gasteiger partial charge in [0.05, 0.1) is 13.2 Å². The molecule has 1 amide bonds. The van der Waals surface area contributed by atoms with Crippen LogP contribution in [0.15, 0.2) is 12.1 Å². The molecule has 1 aliphatic heterocycles. The maximum atomic E-state index is 14.1. The van der Waals surface area contributed by atoms with Crippen molar-refractivity contribution < 1.29 is 19.0 Å². The van der Waals surface area contributed by atoms with Gasteiger partial charge in [-0.15, -0.1) is 0 Å². The Morgan fingerprint density at radius 2 is 2.14 bits per heavy atom. The second-order valence-corrected chi connectivity index (χ2v) is 6.63. The summed E-state index contributed by atoms with van der Waals surface area (Å²) >= 11 is 0. The Morgan fingerprint density at radius 1 is 1.48 bits per heavy atom. The largest absolute Gasteiger partial charge is 0.508 e. The number of carbonyl (C=O) groups excluding carboxylic acids is 1. The van der Waals surface area contributed by atoms with Gasteiger partial charge in [-0.05, 0) is 18.1 Å². The van der Waals surface area contributed by atoms with Crippen molar-refractivity contribution in [3.05, 3.63) is 29.1 Å². The number of benzene rings is 1. The van der Waals surface area contributed by atoms with Crippen LogP contribution in [0.5, 0.6) is 5.75 Å². The summed E-state index contributed by atoms with van der Waals surface area (Å²) in [5, 5.41) is 9.99. The molecular weight excluding hydrogens is 273 g/mol. The average Bonchev–Trinajstić information content (AvgIpc) is 2.38. The van der Waals surface area contributed by atoms with E-state index >= 15 is 0 Å². The Hall–Kier alpha value is -1.78. The second kappa shape index (κ2) is 5.54. The number of phenolic OH excluding ortho intramolecular Hbond substituents is 1. The number of hydrogen-bond donors (Lipinski definition) is 1. The van der Waals surface area contributed by atoms with Crippen molar-refractivity contribution in [3.63, 3.8) is 0 Å². The fourth-order valence-corrected chi connectivity index (χ4v) is 2.76. The van der Waals surface area contributed by atoms with Gasteiger partial charge in [0.2, 0.25) is 0 Å². The molecule has 21 heavy (non-hydrogen) atoms. The number of rotatable bonds is 2. The van der Waals surface area contributed by atoms with Gasteiger partial charge in [-0.3, -0.25) is 0 Å². The number of nitrogens with zero attached hydrogens (tertiary/aromatic N) is 1. The van der Waals surface area contributed by atoms with Crippen molar-refractivity contribution >= 4 is 6.09 Å². The van der Waals surface area contributed by atoms with Crippen molar-refractivity contribution in [3.8, 4) is 5.75 Å². The molecule has 1 heterocycles. The lowest BCUT2D eigenvalue weighted by Crippen LogP contribution is -2.46. The summed E-state index contributed by atoms with van der Waals surface area (Å²) in [5.74, 6) is -0.0753. The molecule has 0 aliphatic carbocycles. The molecule has 0 fully saturated rings. The predicted molar refractivity (Wildman–Crippen MR) is 77.7 cm³/mol. The standard InChI is InChI=1S/C16H22FNO3/c1-10(2)8-21-15(20)18-7-11-13(19)6-5-12(17)14(11)16(3,4)9-18/h5-6,10,19H,7-9H2,1-4H3. The number of carbonyl (C=O) groups is 1. The molecular formula is C16H22FNO3. The minimum absolute atomic E-state index is 0.0147. The first-order valence-electron chi connectivity index (χ1n) is 7.15. The maximum absolute atomic E-state index is 14.1. The molecule has 0 saturated heterocycles. The summed E-state index contributed by atoms with van der Waals surface area (Å²) in [5.41, 5.74) is 0.371. The van der Waals surface area contributed by atoms with Crippen molar-refractivity contribution in [2.24, 2.45) is 5.92 Å². The van der Waals surface area contributed by atoms with E-state index in [4.69, 9.17) is 4.74 Å². The van der Waals surface area contributed by atoms with Gasteiger partial charge >= 0.3 is 6.09 Å². The van der Waals surface area contributed by atoms with Gasteiger partial charge < -0.3 is 14.7 Å². The Labute approximate surface area is 124 Å². The van der Waals surface area contributed by atoms with Gasteiger partial charge in [0, 0.05) is 23.1 Å². The lowest BCUT2D eigenvalue weighted by molar-refractivity contribution is 0.0775. The molecule has 4 nitrogen and oxygen atoms in total. The van der Waals surface area contributed by atoms with Crippen LogP contribution >= 0.6 is 0 Å². The third-order valence-corrected chi connectivity index (χ3v) is 3.65. The predicted octanol–water partition coefficient (Wildman–Crippen LogP) is 3.42. The van der Waals surface area contributed by atoms with Gasteiger partial charge in [0.1, 0.15) is 11.6 Å². The summed E-state index contributed by atoms with van der Waals surface area (Å²) in [6.45, 7) is 8.51. The minimum atomic E-state index is -0.576. The third-order valence-electron chi connectivity index (χ3n) is 3.65. The van der Waals surface area contributed by atoms with Crippen molar-refractivity contribution in [1.29, 1.82) is 0 Å². The van der Waals surface area contributed by atoms with E-state index in [1.807, 2.05) is 27.7 Å². The molecule has 0 unspecified atom stereocenters. The summed E-state index contributed by atoms with van der Waals surface area (Å²) in [4.78, 5) is 13.6. The van der Waals surface area contributed by atoms with Crippen LogP contribution in [0.2, 0.25) is 0 Å². The van der Waals surface area contributed by atoms with Crippen LogP contribution in [0.3, 0.4) is 0 Å². The SMILES string of the molecule is CC(C)COC(=O)N1Cc2c(O)ccc(F)c2C(C)(C)C1. The van der Waals surface area contributed by atoms with Gasteiger partial charge in [-0.25, -0.2) is 9.18 Å². The first-order valence-corrected chi connectivity index (χ1v) is 7.15. The number of halogens is 1. The molecule has 1 aliphatic rings. The van der Waals surface area contributed by atoms with Gasteiger partial charge in [0.15, 0.2) is 0 Å². The zero-order valence-electron chi connectivity index (χ0n) is 12.9.